The number of rotatable bonds is 8. The maximum absolute atomic E-state index is 12.3. The highest BCUT2D eigenvalue weighted by Crippen LogP contribution is 2.29. The van der Waals surface area contributed by atoms with Gasteiger partial charge < -0.3 is 19.6 Å². The van der Waals surface area contributed by atoms with E-state index in [9.17, 15) is 9.59 Å². The van der Waals surface area contributed by atoms with Gasteiger partial charge in [0.25, 0.3) is 11.5 Å². The third-order valence-corrected chi connectivity index (χ3v) is 6.10. The first-order chi connectivity index (χ1) is 17.1. The molecule has 13 heteroatoms. The van der Waals surface area contributed by atoms with E-state index in [1.165, 1.54) is 22.4 Å². The van der Waals surface area contributed by atoms with Gasteiger partial charge in [-0.3, -0.25) is 9.59 Å². The molecular formula is C22H16ClN7O4S. The first-order valence-corrected chi connectivity index (χ1v) is 11.4. The highest BCUT2D eigenvalue weighted by molar-refractivity contribution is 7.17. The monoisotopic (exact) mass is 509 g/mol. The molecule has 0 aliphatic carbocycles. The zero-order chi connectivity index (χ0) is 24.2. The lowest BCUT2D eigenvalue weighted by Gasteiger charge is -2.12. The number of benzene rings is 1. The summed E-state index contributed by atoms with van der Waals surface area (Å²) in [4.78, 5) is 31.7. The summed E-state index contributed by atoms with van der Waals surface area (Å²) in [6.45, 7) is 0.212. The van der Waals surface area contributed by atoms with Crippen LogP contribution < -0.4 is 15.6 Å². The summed E-state index contributed by atoms with van der Waals surface area (Å²) in [6.07, 6.45) is 4.45. The van der Waals surface area contributed by atoms with Crippen molar-refractivity contribution in [1.82, 2.24) is 35.4 Å². The summed E-state index contributed by atoms with van der Waals surface area (Å²) in [7, 11) is 0. The molecule has 5 aromatic rings. The Balaban J connectivity index is 1.40. The Kier molecular flexibility index (Phi) is 6.37. The first kappa shape index (κ1) is 22.5. The summed E-state index contributed by atoms with van der Waals surface area (Å²) < 4.78 is 12.8. The Morgan fingerprint density at radius 1 is 1.26 bits per heavy atom. The summed E-state index contributed by atoms with van der Waals surface area (Å²) in [5.41, 5.74) is 2.02. The fourth-order valence-corrected chi connectivity index (χ4v) is 4.18. The van der Waals surface area contributed by atoms with Gasteiger partial charge in [-0.25, -0.2) is 4.68 Å². The highest BCUT2D eigenvalue weighted by Gasteiger charge is 2.15. The van der Waals surface area contributed by atoms with Crippen LogP contribution in [0.3, 0.4) is 0 Å². The molecule has 5 rings (SSSR count). The molecule has 1 amide bonds. The van der Waals surface area contributed by atoms with Gasteiger partial charge in [0, 0.05) is 11.8 Å². The van der Waals surface area contributed by atoms with E-state index in [4.69, 9.17) is 20.9 Å². The van der Waals surface area contributed by atoms with Crippen molar-refractivity contribution < 1.29 is 14.1 Å². The van der Waals surface area contributed by atoms with Crippen LogP contribution in [0.15, 0.2) is 70.6 Å². The molecule has 176 valence electrons. The largest absolute Gasteiger partial charge is 0.483 e. The van der Waals surface area contributed by atoms with Gasteiger partial charge >= 0.3 is 0 Å². The molecule has 0 radical (unpaired) electrons. The van der Waals surface area contributed by atoms with Crippen molar-refractivity contribution >= 4 is 28.8 Å². The minimum absolute atomic E-state index is 0.0408. The predicted octanol–water partition coefficient (Wildman–Crippen LogP) is 3.23. The Morgan fingerprint density at radius 3 is 2.94 bits per heavy atom. The molecule has 4 heterocycles. The molecule has 0 fully saturated rings. The average molecular weight is 510 g/mol. The molecule has 11 nitrogen and oxygen atoms in total. The van der Waals surface area contributed by atoms with Crippen LogP contribution in [0, 0.1) is 0 Å². The third-order valence-electron chi connectivity index (χ3n) is 4.87. The Bertz CT molecular complexity index is 1530. The van der Waals surface area contributed by atoms with E-state index in [-0.39, 0.29) is 24.6 Å². The average Bonchev–Trinajstić information content (AvgIpc) is 3.64. The summed E-state index contributed by atoms with van der Waals surface area (Å²) in [6, 6.07) is 12.1. The van der Waals surface area contributed by atoms with Crippen molar-refractivity contribution in [3.63, 3.8) is 0 Å². The van der Waals surface area contributed by atoms with Crippen LogP contribution in [0.4, 0.5) is 0 Å². The maximum Gasteiger partial charge on any atom is 0.261 e. The number of ether oxygens (including phenoxy) is 1. The second-order valence-corrected chi connectivity index (χ2v) is 8.89. The zero-order valence-corrected chi connectivity index (χ0v) is 19.4. The van der Waals surface area contributed by atoms with Crippen LogP contribution in [0.2, 0.25) is 4.34 Å². The number of amides is 1. The minimum Gasteiger partial charge on any atom is -0.483 e. The Labute approximate surface area is 206 Å². The lowest BCUT2D eigenvalue weighted by atomic mass is 10.1. The SMILES string of the molecule is O=C(NCc1cn(-c2ccc(-c3ccc[nH]c3=O)cc2OCc2ncon2)nn1)c1ccc(Cl)s1. The van der Waals surface area contributed by atoms with Crippen molar-refractivity contribution in [1.29, 1.82) is 0 Å². The number of aromatic nitrogens is 6. The van der Waals surface area contributed by atoms with Crippen LogP contribution in [-0.4, -0.2) is 36.0 Å². The van der Waals surface area contributed by atoms with E-state index in [0.29, 0.717) is 43.3 Å². The molecule has 0 spiro atoms. The predicted molar refractivity (Wildman–Crippen MR) is 127 cm³/mol. The molecule has 0 aliphatic rings. The molecule has 0 atom stereocenters. The number of carbonyl (C=O) groups excluding carboxylic acids is 1. The van der Waals surface area contributed by atoms with Gasteiger partial charge in [-0.15, -0.1) is 16.4 Å². The number of nitrogens with one attached hydrogen (secondary N) is 2. The van der Waals surface area contributed by atoms with E-state index < -0.39 is 0 Å². The number of carbonyl (C=O) groups is 1. The molecule has 35 heavy (non-hydrogen) atoms. The van der Waals surface area contributed by atoms with Crippen molar-refractivity contribution in [2.45, 2.75) is 13.2 Å². The number of halogens is 1. The van der Waals surface area contributed by atoms with E-state index >= 15 is 0 Å². The van der Waals surface area contributed by atoms with Gasteiger partial charge in [0.05, 0.1) is 22.0 Å². The van der Waals surface area contributed by atoms with Crippen LogP contribution in [0.1, 0.15) is 21.2 Å². The van der Waals surface area contributed by atoms with E-state index in [1.807, 2.05) is 0 Å². The number of pyridine rings is 1. The molecule has 1 aromatic carbocycles. The van der Waals surface area contributed by atoms with Crippen molar-refractivity contribution in [3.05, 3.63) is 92.3 Å². The minimum atomic E-state index is -0.252. The highest BCUT2D eigenvalue weighted by atomic mass is 35.5. The van der Waals surface area contributed by atoms with Gasteiger partial charge in [-0.1, -0.05) is 28.0 Å². The van der Waals surface area contributed by atoms with Crippen molar-refractivity contribution in [2.24, 2.45) is 0 Å². The lowest BCUT2D eigenvalue weighted by molar-refractivity contribution is 0.0954. The van der Waals surface area contributed by atoms with Gasteiger partial charge in [-0.2, -0.15) is 4.98 Å². The number of thiophene rings is 1. The van der Waals surface area contributed by atoms with Crippen LogP contribution in [0.5, 0.6) is 5.75 Å². The van der Waals surface area contributed by atoms with E-state index in [0.717, 1.165) is 0 Å². The van der Waals surface area contributed by atoms with Crippen LogP contribution in [-0.2, 0) is 13.2 Å². The van der Waals surface area contributed by atoms with Gasteiger partial charge in [-0.05, 0) is 42.0 Å². The normalized spacial score (nSPS) is 10.9. The maximum atomic E-state index is 12.3. The topological polar surface area (TPSA) is 141 Å². The molecule has 0 bridgehead atoms. The molecule has 0 saturated heterocycles. The fourth-order valence-electron chi connectivity index (χ4n) is 3.23. The second kappa shape index (κ2) is 9.91. The Morgan fingerprint density at radius 2 is 2.17 bits per heavy atom. The standard InChI is InChI=1S/C22H16ClN7O4S/c23-19-6-5-18(35-19)22(32)25-9-14-10-30(29-27-14)16-4-3-13(15-2-1-7-24-21(15)31)8-17(16)33-11-20-26-12-34-28-20/h1-8,10,12H,9,11H2,(H,24,31)(H,25,32). The number of aromatic amines is 1. The first-order valence-electron chi connectivity index (χ1n) is 10.2. The molecule has 2 N–H and O–H groups in total. The summed E-state index contributed by atoms with van der Waals surface area (Å²) in [5.74, 6) is 0.525. The molecule has 0 unspecified atom stereocenters. The van der Waals surface area contributed by atoms with Gasteiger partial charge in [0.15, 0.2) is 6.61 Å². The quantitative estimate of drug-likeness (QED) is 0.325. The van der Waals surface area contributed by atoms with E-state index in [2.05, 4.69) is 30.8 Å². The smallest absolute Gasteiger partial charge is 0.261 e. The van der Waals surface area contributed by atoms with Crippen molar-refractivity contribution in [3.8, 4) is 22.6 Å². The number of H-pyrrole nitrogens is 1. The van der Waals surface area contributed by atoms with Crippen LogP contribution >= 0.6 is 22.9 Å². The molecule has 0 aliphatic heterocycles. The summed E-state index contributed by atoms with van der Waals surface area (Å²) >= 11 is 7.09. The van der Waals surface area contributed by atoms with Gasteiger partial charge in [0.1, 0.15) is 17.1 Å². The molecule has 4 aromatic heterocycles. The van der Waals surface area contributed by atoms with Crippen molar-refractivity contribution in [2.75, 3.05) is 0 Å². The fraction of sp³-hybridized carbons (Fsp3) is 0.0909. The molecular weight excluding hydrogens is 494 g/mol. The third kappa shape index (κ3) is 5.13. The lowest BCUT2D eigenvalue weighted by Crippen LogP contribution is -2.21. The molecule has 0 saturated carbocycles. The Hall–Kier alpha value is -4.29. The second-order valence-electron chi connectivity index (χ2n) is 7.17. The zero-order valence-electron chi connectivity index (χ0n) is 17.8. The summed E-state index contributed by atoms with van der Waals surface area (Å²) in [5, 5.41) is 14.8. The number of hydrogen-bond donors (Lipinski definition) is 2. The van der Waals surface area contributed by atoms with E-state index in [1.54, 1.807) is 54.9 Å². The van der Waals surface area contributed by atoms with Crippen LogP contribution in [0.25, 0.3) is 16.8 Å². The number of nitrogens with zero attached hydrogens (tertiary/aromatic N) is 5. The van der Waals surface area contributed by atoms with Gasteiger partial charge in [0.2, 0.25) is 12.2 Å². The number of hydrogen-bond acceptors (Lipinski definition) is 9.